The van der Waals surface area contributed by atoms with Crippen molar-refractivity contribution in [2.24, 2.45) is 11.8 Å². The molecule has 37 heavy (non-hydrogen) atoms. The standard InChI is InChI=1S/C28H33N3O6/c1-17(2)6-7-20-10-22-26(29-12-20)37-25(18(3)13-31(28(22)34)19(4)15-32)14-30(5)27(33)21-8-9-23-24(11-21)36-16-35-23/h8-12,17-19,25,32H,13-16H2,1-5H3/t18-,19-,25-/m1/s1. The Morgan fingerprint density at radius 2 is 2.00 bits per heavy atom. The first kappa shape index (κ1) is 26.3. The lowest BCUT2D eigenvalue weighted by atomic mass is 9.99. The first-order valence-electron chi connectivity index (χ1n) is 12.4. The second kappa shape index (κ2) is 11.1. The van der Waals surface area contributed by atoms with E-state index in [0.29, 0.717) is 29.2 Å². The molecule has 2 aliphatic rings. The number of rotatable bonds is 5. The van der Waals surface area contributed by atoms with Crippen LogP contribution in [-0.4, -0.2) is 77.4 Å². The van der Waals surface area contributed by atoms with Crippen LogP contribution in [0.4, 0.5) is 0 Å². The van der Waals surface area contributed by atoms with E-state index in [1.54, 1.807) is 54.2 Å². The summed E-state index contributed by atoms with van der Waals surface area (Å²) in [6.07, 6.45) is 1.13. The van der Waals surface area contributed by atoms with Gasteiger partial charge in [-0.1, -0.05) is 32.6 Å². The Morgan fingerprint density at radius 1 is 1.24 bits per heavy atom. The number of hydrogen-bond donors (Lipinski definition) is 1. The lowest BCUT2D eigenvalue weighted by molar-refractivity contribution is 0.0313. The van der Waals surface area contributed by atoms with Crippen LogP contribution in [0.1, 0.15) is 54.0 Å². The van der Waals surface area contributed by atoms with Gasteiger partial charge in [0.05, 0.1) is 19.2 Å². The predicted molar refractivity (Wildman–Crippen MR) is 137 cm³/mol. The average Bonchev–Trinajstić information content (AvgIpc) is 3.36. The minimum absolute atomic E-state index is 0.134. The Kier molecular flexibility index (Phi) is 7.89. The van der Waals surface area contributed by atoms with Crippen LogP contribution in [0, 0.1) is 23.7 Å². The molecule has 9 heteroatoms. The van der Waals surface area contributed by atoms with E-state index in [0.717, 1.165) is 0 Å². The number of aliphatic hydroxyl groups is 1. The van der Waals surface area contributed by atoms with E-state index in [-0.39, 0.29) is 55.0 Å². The zero-order chi connectivity index (χ0) is 26.7. The molecule has 4 rings (SSSR count). The Morgan fingerprint density at radius 3 is 2.73 bits per heavy atom. The van der Waals surface area contributed by atoms with Gasteiger partial charge >= 0.3 is 0 Å². The van der Waals surface area contributed by atoms with Crippen molar-refractivity contribution in [3.8, 4) is 29.2 Å². The number of aromatic nitrogens is 1. The maximum Gasteiger partial charge on any atom is 0.259 e. The van der Waals surface area contributed by atoms with Crippen LogP contribution in [0.2, 0.25) is 0 Å². The van der Waals surface area contributed by atoms with E-state index in [1.165, 1.54) is 0 Å². The molecule has 0 unspecified atom stereocenters. The van der Waals surface area contributed by atoms with Crippen LogP contribution < -0.4 is 14.2 Å². The molecule has 0 radical (unpaired) electrons. The summed E-state index contributed by atoms with van der Waals surface area (Å²) in [6.45, 7) is 8.30. The number of benzene rings is 1. The molecule has 2 aromatic rings. The highest BCUT2D eigenvalue weighted by atomic mass is 16.7. The normalized spacial score (nSPS) is 19.2. The summed E-state index contributed by atoms with van der Waals surface area (Å²) in [6, 6.07) is 6.38. The van der Waals surface area contributed by atoms with Crippen LogP contribution in [0.15, 0.2) is 30.5 Å². The molecule has 0 spiro atoms. The summed E-state index contributed by atoms with van der Waals surface area (Å²) in [5.74, 6) is 7.03. The van der Waals surface area contributed by atoms with Gasteiger partial charge in [0, 0.05) is 42.8 Å². The number of carbonyl (C=O) groups is 2. The smallest absolute Gasteiger partial charge is 0.259 e. The molecule has 3 atom stereocenters. The summed E-state index contributed by atoms with van der Waals surface area (Å²) < 4.78 is 17.0. The van der Waals surface area contributed by atoms with Gasteiger partial charge in [0.2, 0.25) is 12.7 Å². The highest BCUT2D eigenvalue weighted by Crippen LogP contribution is 2.33. The summed E-state index contributed by atoms with van der Waals surface area (Å²) in [7, 11) is 1.71. The van der Waals surface area contributed by atoms with Gasteiger partial charge in [-0.05, 0) is 31.2 Å². The average molecular weight is 508 g/mol. The van der Waals surface area contributed by atoms with Gasteiger partial charge in [-0.15, -0.1) is 0 Å². The van der Waals surface area contributed by atoms with Gasteiger partial charge in [-0.25, -0.2) is 4.98 Å². The van der Waals surface area contributed by atoms with Crippen molar-refractivity contribution in [1.82, 2.24) is 14.8 Å². The molecular weight excluding hydrogens is 474 g/mol. The fraction of sp³-hybridized carbons (Fsp3) is 0.464. The predicted octanol–water partition coefficient (Wildman–Crippen LogP) is 2.81. The van der Waals surface area contributed by atoms with Crippen molar-refractivity contribution in [2.45, 2.75) is 39.8 Å². The van der Waals surface area contributed by atoms with E-state index in [4.69, 9.17) is 14.2 Å². The summed E-state index contributed by atoms with van der Waals surface area (Å²) >= 11 is 0. The molecule has 2 aliphatic heterocycles. The van der Waals surface area contributed by atoms with Crippen molar-refractivity contribution < 1.29 is 28.9 Å². The highest BCUT2D eigenvalue weighted by molar-refractivity contribution is 5.97. The Labute approximate surface area is 217 Å². The molecule has 0 fully saturated rings. The first-order valence-corrected chi connectivity index (χ1v) is 12.4. The van der Waals surface area contributed by atoms with E-state index >= 15 is 0 Å². The maximum absolute atomic E-state index is 13.5. The van der Waals surface area contributed by atoms with E-state index in [9.17, 15) is 14.7 Å². The van der Waals surface area contributed by atoms with Gasteiger partial charge in [0.1, 0.15) is 11.7 Å². The number of ether oxygens (including phenoxy) is 3. The number of aliphatic hydroxyl groups excluding tert-OH is 1. The van der Waals surface area contributed by atoms with Crippen LogP contribution in [-0.2, 0) is 0 Å². The molecule has 9 nitrogen and oxygen atoms in total. The van der Waals surface area contributed by atoms with Gasteiger partial charge in [-0.2, -0.15) is 0 Å². The van der Waals surface area contributed by atoms with Crippen molar-refractivity contribution in [3.05, 3.63) is 47.2 Å². The summed E-state index contributed by atoms with van der Waals surface area (Å²) in [5.41, 5.74) is 1.38. The zero-order valence-electron chi connectivity index (χ0n) is 21.9. The highest BCUT2D eigenvalue weighted by Gasteiger charge is 2.35. The quantitative estimate of drug-likeness (QED) is 0.621. The number of nitrogens with zero attached hydrogens (tertiary/aromatic N) is 3. The largest absolute Gasteiger partial charge is 0.472 e. The second-order valence-electron chi connectivity index (χ2n) is 9.88. The number of likely N-dealkylation sites (N-methyl/N-ethyl adjacent to an activating group) is 1. The molecule has 0 aliphatic carbocycles. The van der Waals surface area contributed by atoms with Crippen LogP contribution in [0.3, 0.4) is 0 Å². The van der Waals surface area contributed by atoms with Gasteiger partial charge in [-0.3, -0.25) is 9.59 Å². The Bertz CT molecular complexity index is 1230. The van der Waals surface area contributed by atoms with Crippen molar-refractivity contribution in [3.63, 3.8) is 0 Å². The molecule has 1 N–H and O–H groups in total. The van der Waals surface area contributed by atoms with E-state index in [2.05, 4.69) is 16.8 Å². The van der Waals surface area contributed by atoms with Crippen molar-refractivity contribution >= 4 is 11.8 Å². The summed E-state index contributed by atoms with van der Waals surface area (Å²) in [5, 5.41) is 9.84. The molecule has 3 heterocycles. The van der Waals surface area contributed by atoms with Crippen LogP contribution in [0.25, 0.3) is 0 Å². The lowest BCUT2D eigenvalue weighted by Crippen LogP contribution is -2.50. The monoisotopic (exact) mass is 507 g/mol. The molecule has 1 aromatic carbocycles. The number of pyridine rings is 1. The SMILES string of the molecule is CC(C)C#Cc1cnc2c(c1)C(=O)N([C@H](C)CO)C[C@@H](C)[C@@H](CN(C)C(=O)c1ccc3c(c1)OCO3)O2. The molecular formula is C28H33N3O6. The molecule has 0 saturated carbocycles. The summed E-state index contributed by atoms with van der Waals surface area (Å²) in [4.78, 5) is 34.4. The topological polar surface area (TPSA) is 101 Å². The minimum atomic E-state index is -0.455. The second-order valence-corrected chi connectivity index (χ2v) is 9.88. The fourth-order valence-electron chi connectivity index (χ4n) is 4.22. The number of carbonyl (C=O) groups excluding carboxylic acids is 2. The van der Waals surface area contributed by atoms with Crippen LogP contribution in [0.5, 0.6) is 17.4 Å². The van der Waals surface area contributed by atoms with Crippen molar-refractivity contribution in [1.29, 1.82) is 0 Å². The number of hydrogen-bond acceptors (Lipinski definition) is 7. The Hall–Kier alpha value is -3.77. The maximum atomic E-state index is 13.5. The number of amides is 2. The van der Waals surface area contributed by atoms with Crippen molar-refractivity contribution in [2.75, 3.05) is 33.5 Å². The zero-order valence-corrected chi connectivity index (χ0v) is 21.9. The molecule has 196 valence electrons. The van der Waals surface area contributed by atoms with Gasteiger partial charge < -0.3 is 29.1 Å². The lowest BCUT2D eigenvalue weighted by Gasteiger charge is -2.37. The van der Waals surface area contributed by atoms with E-state index in [1.807, 2.05) is 20.8 Å². The number of fused-ring (bicyclic) bond motifs is 2. The fourth-order valence-corrected chi connectivity index (χ4v) is 4.22. The Balaban J connectivity index is 1.62. The third kappa shape index (κ3) is 5.81. The molecule has 1 aromatic heterocycles. The first-order chi connectivity index (χ1) is 17.7. The van der Waals surface area contributed by atoms with Gasteiger partial charge in [0.25, 0.3) is 11.8 Å². The van der Waals surface area contributed by atoms with E-state index < -0.39 is 12.1 Å². The third-order valence-corrected chi connectivity index (χ3v) is 6.45. The minimum Gasteiger partial charge on any atom is -0.472 e. The molecule has 0 saturated heterocycles. The molecule has 2 amide bonds. The molecule has 0 bridgehead atoms. The van der Waals surface area contributed by atoms with Gasteiger partial charge in [0.15, 0.2) is 11.5 Å². The van der Waals surface area contributed by atoms with Crippen LogP contribution >= 0.6 is 0 Å². The third-order valence-electron chi connectivity index (χ3n) is 6.45.